The highest BCUT2D eigenvalue weighted by Crippen LogP contribution is 2.12. The molecule has 0 fully saturated rings. The monoisotopic (exact) mass is 193 g/mol. The van der Waals surface area contributed by atoms with Gasteiger partial charge in [0.15, 0.2) is 0 Å². The van der Waals surface area contributed by atoms with E-state index in [4.69, 9.17) is 0 Å². The first-order valence-electron chi connectivity index (χ1n) is 5.68. The molecule has 0 saturated heterocycles. The topological polar surface area (TPSA) is 12.4 Å². The van der Waals surface area contributed by atoms with Crippen molar-refractivity contribution < 1.29 is 0 Å². The van der Waals surface area contributed by atoms with E-state index in [9.17, 15) is 0 Å². The van der Waals surface area contributed by atoms with Crippen LogP contribution in [0, 0.1) is 0 Å². The molecule has 0 aliphatic rings. The molecular weight excluding hydrogens is 170 g/mol. The average Bonchev–Trinajstić information content (AvgIpc) is 2.22. The maximum Gasteiger partial charge on any atom is 0.0360 e. The molecule has 80 valence electrons. The Balaban J connectivity index is 4.01. The van der Waals surface area contributed by atoms with E-state index in [1.807, 2.05) is 0 Å². The van der Waals surface area contributed by atoms with E-state index in [1.165, 1.54) is 17.7 Å². The predicted octanol–water partition coefficient (Wildman–Crippen LogP) is 4.15. The van der Waals surface area contributed by atoms with Crippen LogP contribution in [0.2, 0.25) is 0 Å². The van der Waals surface area contributed by atoms with E-state index in [1.54, 1.807) is 0 Å². The van der Waals surface area contributed by atoms with Crippen molar-refractivity contribution in [3.05, 3.63) is 17.9 Å². The fourth-order valence-electron chi connectivity index (χ4n) is 1.49. The van der Waals surface area contributed by atoms with Crippen LogP contribution in [0.3, 0.4) is 0 Å². The van der Waals surface area contributed by atoms with Crippen LogP contribution in [-0.2, 0) is 0 Å². The molecular formula is C13H23N. The lowest BCUT2D eigenvalue weighted by molar-refractivity contribution is 0.835. The van der Waals surface area contributed by atoms with Crippen molar-refractivity contribution in [2.45, 2.75) is 52.9 Å². The molecule has 0 N–H and O–H groups in total. The van der Waals surface area contributed by atoms with Gasteiger partial charge in [-0.05, 0) is 38.2 Å². The molecule has 1 nitrogen and oxygen atoms in total. The fraction of sp³-hybridized carbons (Fsp3) is 0.692. The Kier molecular flexibility index (Phi) is 8.27. The SMILES string of the molecule is C=C=C(CCC)CC/C(CC)=N\CC. The van der Waals surface area contributed by atoms with Gasteiger partial charge in [0.05, 0.1) is 0 Å². The van der Waals surface area contributed by atoms with E-state index in [0.717, 1.165) is 32.2 Å². The molecule has 0 aliphatic heterocycles. The van der Waals surface area contributed by atoms with Gasteiger partial charge in [-0.1, -0.05) is 26.8 Å². The maximum atomic E-state index is 4.46. The van der Waals surface area contributed by atoms with Gasteiger partial charge in [-0.25, -0.2) is 0 Å². The summed E-state index contributed by atoms with van der Waals surface area (Å²) in [6.45, 7) is 11.1. The molecule has 0 spiro atoms. The Morgan fingerprint density at radius 3 is 2.29 bits per heavy atom. The summed E-state index contributed by atoms with van der Waals surface area (Å²) in [5.74, 6) is 0. The van der Waals surface area contributed by atoms with E-state index in [0.29, 0.717) is 0 Å². The zero-order chi connectivity index (χ0) is 10.8. The first-order chi connectivity index (χ1) is 6.78. The highest BCUT2D eigenvalue weighted by Gasteiger charge is 1.99. The minimum atomic E-state index is 0.907. The van der Waals surface area contributed by atoms with Crippen LogP contribution < -0.4 is 0 Å². The van der Waals surface area contributed by atoms with Gasteiger partial charge < -0.3 is 0 Å². The minimum Gasteiger partial charge on any atom is -0.294 e. The summed E-state index contributed by atoms with van der Waals surface area (Å²) in [4.78, 5) is 4.46. The highest BCUT2D eigenvalue weighted by atomic mass is 14.7. The Bertz CT molecular complexity index is 219. The summed E-state index contributed by atoms with van der Waals surface area (Å²) in [7, 11) is 0. The molecule has 0 saturated carbocycles. The Morgan fingerprint density at radius 2 is 1.86 bits per heavy atom. The second-order valence-electron chi connectivity index (χ2n) is 3.42. The zero-order valence-electron chi connectivity index (χ0n) is 9.90. The summed E-state index contributed by atoms with van der Waals surface area (Å²) >= 11 is 0. The summed E-state index contributed by atoms with van der Waals surface area (Å²) < 4.78 is 0. The third-order valence-corrected chi connectivity index (χ3v) is 2.31. The first-order valence-corrected chi connectivity index (χ1v) is 5.68. The van der Waals surface area contributed by atoms with Crippen molar-refractivity contribution in [1.82, 2.24) is 0 Å². The minimum absolute atomic E-state index is 0.907. The van der Waals surface area contributed by atoms with E-state index in [2.05, 4.69) is 38.1 Å². The lowest BCUT2D eigenvalue weighted by Crippen LogP contribution is -1.98. The zero-order valence-corrected chi connectivity index (χ0v) is 9.90. The molecule has 0 rings (SSSR count). The van der Waals surface area contributed by atoms with Crippen LogP contribution >= 0.6 is 0 Å². The standard InChI is InChI=1S/C13H23N/c1-5-9-12(6-2)10-11-13(7-3)14-8-4/h2,5,7-11H2,1,3-4H3/b14-13-. The molecule has 1 heteroatoms. The van der Waals surface area contributed by atoms with Crippen molar-refractivity contribution >= 4 is 5.71 Å². The number of nitrogens with zero attached hydrogens (tertiary/aromatic N) is 1. The average molecular weight is 193 g/mol. The van der Waals surface area contributed by atoms with Gasteiger partial charge in [0.2, 0.25) is 0 Å². The van der Waals surface area contributed by atoms with Crippen LogP contribution in [0.5, 0.6) is 0 Å². The lowest BCUT2D eigenvalue weighted by Gasteiger charge is -2.05. The van der Waals surface area contributed by atoms with E-state index in [-0.39, 0.29) is 0 Å². The Labute approximate surface area is 88.6 Å². The van der Waals surface area contributed by atoms with Crippen LogP contribution in [0.15, 0.2) is 22.9 Å². The van der Waals surface area contributed by atoms with Crippen molar-refractivity contribution in [3.8, 4) is 0 Å². The van der Waals surface area contributed by atoms with Crippen LogP contribution in [0.25, 0.3) is 0 Å². The quantitative estimate of drug-likeness (QED) is 0.425. The summed E-state index contributed by atoms with van der Waals surface area (Å²) in [5.41, 5.74) is 5.72. The molecule has 0 amide bonds. The summed E-state index contributed by atoms with van der Waals surface area (Å²) in [6, 6.07) is 0. The van der Waals surface area contributed by atoms with Gasteiger partial charge in [-0.2, -0.15) is 0 Å². The van der Waals surface area contributed by atoms with Crippen LogP contribution in [0.1, 0.15) is 52.9 Å². The summed E-state index contributed by atoms with van der Waals surface area (Å²) in [5, 5.41) is 0. The maximum absolute atomic E-state index is 4.46. The van der Waals surface area contributed by atoms with Crippen molar-refractivity contribution in [1.29, 1.82) is 0 Å². The molecule has 0 bridgehead atoms. The third kappa shape index (κ3) is 5.77. The van der Waals surface area contributed by atoms with E-state index < -0.39 is 0 Å². The Hall–Kier alpha value is -0.810. The summed E-state index contributed by atoms with van der Waals surface area (Å²) in [6.07, 6.45) is 5.56. The van der Waals surface area contributed by atoms with Crippen LogP contribution in [0.4, 0.5) is 0 Å². The second-order valence-corrected chi connectivity index (χ2v) is 3.42. The number of rotatable bonds is 7. The molecule has 0 radical (unpaired) electrons. The smallest absolute Gasteiger partial charge is 0.0360 e. The molecule has 0 heterocycles. The van der Waals surface area contributed by atoms with Gasteiger partial charge in [0, 0.05) is 12.3 Å². The number of hydrogen-bond acceptors (Lipinski definition) is 1. The normalized spacial score (nSPS) is 11.2. The fourth-order valence-corrected chi connectivity index (χ4v) is 1.49. The molecule has 14 heavy (non-hydrogen) atoms. The number of hydrogen-bond donors (Lipinski definition) is 0. The third-order valence-electron chi connectivity index (χ3n) is 2.31. The molecule has 0 aliphatic carbocycles. The van der Waals surface area contributed by atoms with Crippen molar-refractivity contribution in [2.24, 2.45) is 4.99 Å². The first kappa shape index (κ1) is 13.2. The van der Waals surface area contributed by atoms with Gasteiger partial charge in [0.1, 0.15) is 0 Å². The van der Waals surface area contributed by atoms with Gasteiger partial charge in [-0.3, -0.25) is 4.99 Å². The molecule has 0 atom stereocenters. The Morgan fingerprint density at radius 1 is 1.14 bits per heavy atom. The van der Waals surface area contributed by atoms with Crippen molar-refractivity contribution in [2.75, 3.05) is 6.54 Å². The largest absolute Gasteiger partial charge is 0.294 e. The van der Waals surface area contributed by atoms with Crippen molar-refractivity contribution in [3.63, 3.8) is 0 Å². The number of allylic oxidation sites excluding steroid dienone is 1. The number of aliphatic imine (C=N–C) groups is 1. The second kappa shape index (κ2) is 8.77. The van der Waals surface area contributed by atoms with E-state index >= 15 is 0 Å². The van der Waals surface area contributed by atoms with Gasteiger partial charge >= 0.3 is 0 Å². The van der Waals surface area contributed by atoms with Gasteiger partial charge in [0.25, 0.3) is 0 Å². The molecule has 0 aromatic heterocycles. The molecule has 0 unspecified atom stereocenters. The predicted molar refractivity (Wildman–Crippen MR) is 65.1 cm³/mol. The molecule has 0 aromatic rings. The van der Waals surface area contributed by atoms with Gasteiger partial charge in [-0.15, -0.1) is 5.73 Å². The van der Waals surface area contributed by atoms with Crippen LogP contribution in [-0.4, -0.2) is 12.3 Å². The molecule has 0 aromatic carbocycles. The lowest BCUT2D eigenvalue weighted by atomic mass is 10.0. The highest BCUT2D eigenvalue weighted by molar-refractivity contribution is 5.84.